The number of alkyl halides is 3. The lowest BCUT2D eigenvalue weighted by molar-refractivity contribution is -0.124. The van der Waals surface area contributed by atoms with Crippen molar-refractivity contribution >= 4 is 21.8 Å². The number of halogens is 3. The quantitative estimate of drug-likeness (QED) is 0.739. The highest BCUT2D eigenvalue weighted by atomic mass is 79.9. The highest BCUT2D eigenvalue weighted by Crippen LogP contribution is 2.13. The smallest absolute Gasteiger partial charge is 0.287 e. The van der Waals surface area contributed by atoms with E-state index in [1.54, 1.807) is 13.8 Å². The van der Waals surface area contributed by atoms with E-state index in [0.29, 0.717) is 0 Å². The number of hydrogen-bond acceptors (Lipinski definition) is 2. The molecule has 0 aromatic rings. The van der Waals surface area contributed by atoms with E-state index in [1.165, 1.54) is 0 Å². The van der Waals surface area contributed by atoms with Crippen molar-refractivity contribution in [2.45, 2.75) is 24.6 Å². The maximum atomic E-state index is 12.5. The molecule has 0 rings (SSSR count). The Morgan fingerprint density at radius 2 is 2.07 bits per heavy atom. The van der Waals surface area contributed by atoms with Crippen LogP contribution in [0.5, 0.6) is 0 Å². The Kier molecular flexibility index (Phi) is 5.51. The van der Waals surface area contributed by atoms with E-state index in [9.17, 15) is 13.6 Å². The molecule has 0 saturated heterocycles. The van der Waals surface area contributed by atoms with Gasteiger partial charge in [-0.05, 0) is 5.92 Å². The van der Waals surface area contributed by atoms with Crippen LogP contribution in [0.2, 0.25) is 0 Å². The minimum Gasteiger partial charge on any atom is -0.390 e. The third kappa shape index (κ3) is 4.85. The molecule has 0 spiro atoms. The fourth-order valence-corrected chi connectivity index (χ4v) is 0.834. The number of carbonyl (C=O) groups excluding carboxylic acids is 1. The topological polar surface area (TPSA) is 49.3 Å². The van der Waals surface area contributed by atoms with E-state index in [2.05, 4.69) is 21.2 Å². The Balaban J connectivity index is 3.97. The van der Waals surface area contributed by atoms with Crippen LogP contribution >= 0.6 is 15.9 Å². The minimum absolute atomic E-state index is 0.0257. The second-order valence-corrected chi connectivity index (χ2v) is 4.36. The first kappa shape index (κ1) is 13.8. The zero-order valence-electron chi connectivity index (χ0n) is 8.06. The summed E-state index contributed by atoms with van der Waals surface area (Å²) >= 11 is 3.08. The Bertz CT molecular complexity index is 200. The molecule has 0 radical (unpaired) electrons. The zero-order chi connectivity index (χ0) is 11.4. The predicted molar refractivity (Wildman–Crippen MR) is 52.6 cm³/mol. The fourth-order valence-electron chi connectivity index (χ4n) is 0.673. The van der Waals surface area contributed by atoms with Crippen LogP contribution in [-0.2, 0) is 4.79 Å². The number of hydrogen-bond donors (Lipinski definition) is 2. The van der Waals surface area contributed by atoms with Crippen molar-refractivity contribution < 1.29 is 18.7 Å². The lowest BCUT2D eigenvalue weighted by Gasteiger charge is -2.17. The van der Waals surface area contributed by atoms with E-state index in [-0.39, 0.29) is 5.92 Å². The average Bonchev–Trinajstić information content (AvgIpc) is 2.13. The van der Waals surface area contributed by atoms with Crippen molar-refractivity contribution in [3.8, 4) is 0 Å². The Morgan fingerprint density at radius 1 is 1.57 bits per heavy atom. The number of aliphatic hydroxyl groups is 1. The molecule has 6 heteroatoms. The molecule has 0 fully saturated rings. The average molecular weight is 274 g/mol. The molecule has 0 aromatic carbocycles. The molecular weight excluding hydrogens is 260 g/mol. The lowest BCUT2D eigenvalue weighted by atomic mass is 10.1. The van der Waals surface area contributed by atoms with Gasteiger partial charge in [0.1, 0.15) is 6.61 Å². The molecule has 1 atom stereocenters. The first-order valence-corrected chi connectivity index (χ1v) is 5.12. The minimum atomic E-state index is -3.25. The fraction of sp³-hybridized carbons (Fsp3) is 0.875. The van der Waals surface area contributed by atoms with Crippen molar-refractivity contribution in [1.29, 1.82) is 0 Å². The molecule has 0 bridgehead atoms. The monoisotopic (exact) mass is 273 g/mol. The Labute approximate surface area is 90.0 Å². The van der Waals surface area contributed by atoms with Gasteiger partial charge in [0, 0.05) is 0 Å². The van der Waals surface area contributed by atoms with Crippen molar-refractivity contribution in [3.05, 3.63) is 0 Å². The first-order chi connectivity index (χ1) is 6.30. The van der Waals surface area contributed by atoms with Crippen molar-refractivity contribution in [2.24, 2.45) is 5.92 Å². The number of carbonyl (C=O) groups is 1. The summed E-state index contributed by atoms with van der Waals surface area (Å²) in [5.74, 6) is -3.72. The van der Waals surface area contributed by atoms with Gasteiger partial charge in [0.15, 0.2) is 0 Å². The van der Waals surface area contributed by atoms with Crippen LogP contribution in [0.25, 0.3) is 0 Å². The van der Waals surface area contributed by atoms with Crippen LogP contribution < -0.4 is 5.32 Å². The number of amides is 1. The van der Waals surface area contributed by atoms with Crippen LogP contribution in [-0.4, -0.2) is 34.9 Å². The third-order valence-corrected chi connectivity index (χ3v) is 3.06. The van der Waals surface area contributed by atoms with Gasteiger partial charge in [0.05, 0.1) is 11.4 Å². The normalized spacial score (nSPS) is 14.2. The van der Waals surface area contributed by atoms with Gasteiger partial charge in [0.25, 0.3) is 5.92 Å². The summed E-state index contributed by atoms with van der Waals surface area (Å²) in [6, 6.07) is 0. The van der Waals surface area contributed by atoms with Crippen molar-refractivity contribution in [1.82, 2.24) is 5.32 Å². The molecule has 0 aliphatic heterocycles. The summed E-state index contributed by atoms with van der Waals surface area (Å²) in [6.45, 7) is 1.49. The lowest BCUT2D eigenvalue weighted by Crippen LogP contribution is -2.42. The maximum Gasteiger partial charge on any atom is 0.287 e. The molecule has 0 aliphatic carbocycles. The van der Waals surface area contributed by atoms with Gasteiger partial charge in [-0.3, -0.25) is 4.79 Å². The molecule has 0 aromatic heterocycles. The molecule has 2 N–H and O–H groups in total. The number of nitrogens with one attached hydrogen (secondary N) is 1. The van der Waals surface area contributed by atoms with Crippen LogP contribution in [0.4, 0.5) is 8.78 Å². The summed E-state index contributed by atoms with van der Waals surface area (Å²) in [5, 5.41) is 10.3. The van der Waals surface area contributed by atoms with E-state index in [4.69, 9.17) is 5.11 Å². The molecule has 1 amide bonds. The molecule has 3 nitrogen and oxygen atoms in total. The molecule has 84 valence electrons. The molecule has 1 unspecified atom stereocenters. The Hall–Kier alpha value is -0.230. The van der Waals surface area contributed by atoms with Gasteiger partial charge in [-0.1, -0.05) is 29.8 Å². The van der Waals surface area contributed by atoms with E-state index >= 15 is 0 Å². The van der Waals surface area contributed by atoms with Gasteiger partial charge < -0.3 is 10.4 Å². The molecule has 0 saturated carbocycles. The van der Waals surface area contributed by atoms with Gasteiger partial charge in [-0.15, -0.1) is 0 Å². The second-order valence-electron chi connectivity index (χ2n) is 3.38. The summed E-state index contributed by atoms with van der Waals surface area (Å²) in [7, 11) is 0. The predicted octanol–water partition coefficient (Wildman–Crippen LogP) is 1.15. The van der Waals surface area contributed by atoms with Crippen LogP contribution in [0.15, 0.2) is 0 Å². The first-order valence-electron chi connectivity index (χ1n) is 4.20. The summed E-state index contributed by atoms with van der Waals surface area (Å²) in [5.41, 5.74) is 0. The number of rotatable bonds is 5. The van der Waals surface area contributed by atoms with E-state index < -0.39 is 29.8 Å². The van der Waals surface area contributed by atoms with Crippen LogP contribution in [0, 0.1) is 5.92 Å². The number of aliphatic hydroxyl groups excluding tert-OH is 1. The maximum absolute atomic E-state index is 12.5. The highest BCUT2D eigenvalue weighted by molar-refractivity contribution is 9.10. The second kappa shape index (κ2) is 5.60. The summed E-state index contributed by atoms with van der Waals surface area (Å²) in [6.07, 6.45) is 0. The summed E-state index contributed by atoms with van der Waals surface area (Å²) in [4.78, 5) is 10.7. The molecule has 0 heterocycles. The van der Waals surface area contributed by atoms with Gasteiger partial charge in [-0.25, -0.2) is 8.78 Å². The summed E-state index contributed by atoms with van der Waals surface area (Å²) < 4.78 is 25.0. The highest BCUT2D eigenvalue weighted by Gasteiger charge is 2.29. The third-order valence-electron chi connectivity index (χ3n) is 1.59. The van der Waals surface area contributed by atoms with Crippen LogP contribution in [0.1, 0.15) is 13.8 Å². The SMILES string of the molecule is CC(C)C(Br)C(=O)NCC(F)(F)CO. The zero-order valence-corrected chi connectivity index (χ0v) is 9.64. The molecular formula is C8H14BrF2NO2. The molecule has 0 aliphatic rings. The Morgan fingerprint density at radius 3 is 2.43 bits per heavy atom. The van der Waals surface area contributed by atoms with Gasteiger partial charge >= 0.3 is 0 Å². The van der Waals surface area contributed by atoms with E-state index in [0.717, 1.165) is 0 Å². The standard InChI is InChI=1S/C8H14BrF2NO2/c1-5(2)6(9)7(14)12-3-8(10,11)4-13/h5-6,13H,3-4H2,1-2H3,(H,12,14). The largest absolute Gasteiger partial charge is 0.390 e. The van der Waals surface area contributed by atoms with Crippen molar-refractivity contribution in [3.63, 3.8) is 0 Å². The van der Waals surface area contributed by atoms with Crippen molar-refractivity contribution in [2.75, 3.05) is 13.2 Å². The van der Waals surface area contributed by atoms with Gasteiger partial charge in [0.2, 0.25) is 5.91 Å². The molecule has 14 heavy (non-hydrogen) atoms. The van der Waals surface area contributed by atoms with E-state index in [1.807, 2.05) is 0 Å². The van der Waals surface area contributed by atoms with Gasteiger partial charge in [-0.2, -0.15) is 0 Å². The van der Waals surface area contributed by atoms with Crippen LogP contribution in [0.3, 0.4) is 0 Å².